The highest BCUT2D eigenvalue weighted by Gasteiger charge is 2.27. The van der Waals surface area contributed by atoms with E-state index in [4.69, 9.17) is 16.3 Å². The molecule has 5 heteroatoms. The summed E-state index contributed by atoms with van der Waals surface area (Å²) in [6.07, 6.45) is 1.83. The molecule has 0 spiro atoms. The predicted molar refractivity (Wildman–Crippen MR) is 98.4 cm³/mol. The highest BCUT2D eigenvalue weighted by molar-refractivity contribution is 6.31. The molecular weight excluding hydrogens is 338 g/mol. The van der Waals surface area contributed by atoms with Crippen LogP contribution < -0.4 is 4.74 Å². The third-order valence-electron chi connectivity index (χ3n) is 4.70. The molecule has 0 aliphatic carbocycles. The molecule has 4 nitrogen and oxygen atoms in total. The van der Waals surface area contributed by atoms with Gasteiger partial charge in [0.25, 0.3) is 0 Å². The average Bonchev–Trinajstić information content (AvgIpc) is 2.63. The van der Waals surface area contributed by atoms with Gasteiger partial charge in [-0.15, -0.1) is 0 Å². The van der Waals surface area contributed by atoms with Crippen LogP contribution >= 0.6 is 11.6 Å². The van der Waals surface area contributed by atoms with Crippen molar-refractivity contribution in [3.05, 3.63) is 58.6 Å². The van der Waals surface area contributed by atoms with Crippen LogP contribution in [0.2, 0.25) is 5.02 Å². The Morgan fingerprint density at radius 1 is 1.32 bits per heavy atom. The molecule has 0 saturated carbocycles. The van der Waals surface area contributed by atoms with Gasteiger partial charge in [-0.3, -0.25) is 9.69 Å². The number of aromatic hydroxyl groups is 1. The van der Waals surface area contributed by atoms with Crippen molar-refractivity contribution < 1.29 is 14.6 Å². The standard InChI is InChI=1S/C20H22ClNO3/c1-25-19-9-3-8-18(23)17(19)13-22-10-4-6-15(12-22)20(24)14-5-2-7-16(21)11-14/h2-3,5,7-9,11,15,23H,4,6,10,12-13H2,1H3/t15-/m0/s1. The first kappa shape index (κ1) is 17.8. The van der Waals surface area contributed by atoms with Gasteiger partial charge < -0.3 is 9.84 Å². The Balaban J connectivity index is 1.73. The maximum Gasteiger partial charge on any atom is 0.167 e. The van der Waals surface area contributed by atoms with E-state index in [1.807, 2.05) is 18.2 Å². The van der Waals surface area contributed by atoms with Gasteiger partial charge in [0.1, 0.15) is 11.5 Å². The Bertz CT molecular complexity index is 762. The molecule has 0 unspecified atom stereocenters. The Morgan fingerprint density at radius 3 is 2.88 bits per heavy atom. The number of phenols is 1. The van der Waals surface area contributed by atoms with Crippen LogP contribution in [0.15, 0.2) is 42.5 Å². The van der Waals surface area contributed by atoms with Gasteiger partial charge in [-0.25, -0.2) is 0 Å². The predicted octanol–water partition coefficient (Wildman–Crippen LogP) is 4.15. The van der Waals surface area contributed by atoms with Crippen molar-refractivity contribution in [1.29, 1.82) is 0 Å². The highest BCUT2D eigenvalue weighted by Crippen LogP contribution is 2.31. The zero-order valence-electron chi connectivity index (χ0n) is 14.2. The number of piperidine rings is 1. The minimum Gasteiger partial charge on any atom is -0.507 e. The second kappa shape index (κ2) is 7.89. The Morgan fingerprint density at radius 2 is 2.12 bits per heavy atom. The zero-order valence-corrected chi connectivity index (χ0v) is 15.0. The molecule has 0 aromatic heterocycles. The van der Waals surface area contributed by atoms with Gasteiger partial charge in [0.2, 0.25) is 0 Å². The smallest absolute Gasteiger partial charge is 0.167 e. The Kier molecular flexibility index (Phi) is 5.61. The van der Waals surface area contributed by atoms with Gasteiger partial charge in [-0.1, -0.05) is 29.8 Å². The fraction of sp³-hybridized carbons (Fsp3) is 0.350. The van der Waals surface area contributed by atoms with Gasteiger partial charge in [0, 0.05) is 35.2 Å². The SMILES string of the molecule is COc1cccc(O)c1CN1CCC[C@H](C(=O)c2cccc(Cl)c2)C1. The number of rotatable bonds is 5. The molecule has 1 saturated heterocycles. The number of likely N-dealkylation sites (tertiary alicyclic amines) is 1. The number of phenolic OH excluding ortho intramolecular Hbond substituents is 1. The Labute approximate surface area is 153 Å². The van der Waals surface area contributed by atoms with E-state index in [1.54, 1.807) is 31.4 Å². The zero-order chi connectivity index (χ0) is 17.8. The van der Waals surface area contributed by atoms with E-state index in [9.17, 15) is 9.90 Å². The topological polar surface area (TPSA) is 49.8 Å². The molecule has 1 aliphatic heterocycles. The van der Waals surface area contributed by atoms with Crippen LogP contribution in [0, 0.1) is 5.92 Å². The van der Waals surface area contributed by atoms with E-state index in [1.165, 1.54) is 0 Å². The third kappa shape index (κ3) is 4.14. The van der Waals surface area contributed by atoms with Crippen molar-refractivity contribution in [2.75, 3.05) is 20.2 Å². The summed E-state index contributed by atoms with van der Waals surface area (Å²) in [6, 6.07) is 12.4. The number of ether oxygens (including phenoxy) is 1. The van der Waals surface area contributed by atoms with E-state index in [-0.39, 0.29) is 17.5 Å². The maximum atomic E-state index is 12.8. The fourth-order valence-electron chi connectivity index (χ4n) is 3.42. The number of ketones is 1. The molecule has 1 heterocycles. The second-order valence-electron chi connectivity index (χ2n) is 6.41. The number of methoxy groups -OCH3 is 1. The van der Waals surface area contributed by atoms with E-state index < -0.39 is 0 Å². The van der Waals surface area contributed by atoms with Crippen LogP contribution in [0.4, 0.5) is 0 Å². The van der Waals surface area contributed by atoms with Crippen molar-refractivity contribution in [1.82, 2.24) is 4.90 Å². The number of carbonyl (C=O) groups excluding carboxylic acids is 1. The molecule has 1 aliphatic rings. The van der Waals surface area contributed by atoms with Gasteiger partial charge in [0.15, 0.2) is 5.78 Å². The van der Waals surface area contributed by atoms with Gasteiger partial charge in [0.05, 0.1) is 7.11 Å². The first-order chi connectivity index (χ1) is 12.1. The number of halogens is 1. The van der Waals surface area contributed by atoms with E-state index >= 15 is 0 Å². The normalized spacial score (nSPS) is 18.1. The highest BCUT2D eigenvalue weighted by atomic mass is 35.5. The summed E-state index contributed by atoms with van der Waals surface area (Å²) in [7, 11) is 1.60. The summed E-state index contributed by atoms with van der Waals surface area (Å²) in [5.74, 6) is 0.978. The lowest BCUT2D eigenvalue weighted by molar-refractivity contribution is 0.0810. The lowest BCUT2D eigenvalue weighted by atomic mass is 9.89. The molecule has 132 valence electrons. The first-order valence-electron chi connectivity index (χ1n) is 8.45. The molecule has 2 aromatic carbocycles. The number of hydrogen-bond donors (Lipinski definition) is 1. The second-order valence-corrected chi connectivity index (χ2v) is 6.84. The van der Waals surface area contributed by atoms with Crippen LogP contribution in [-0.2, 0) is 6.54 Å². The van der Waals surface area contributed by atoms with Gasteiger partial charge >= 0.3 is 0 Å². The molecule has 1 atom stereocenters. The van der Waals surface area contributed by atoms with Crippen molar-refractivity contribution in [2.24, 2.45) is 5.92 Å². The van der Waals surface area contributed by atoms with Crippen molar-refractivity contribution >= 4 is 17.4 Å². The van der Waals surface area contributed by atoms with Crippen LogP contribution in [-0.4, -0.2) is 36.0 Å². The maximum absolute atomic E-state index is 12.8. The van der Waals surface area contributed by atoms with E-state index in [2.05, 4.69) is 4.90 Å². The van der Waals surface area contributed by atoms with E-state index in [0.717, 1.165) is 24.9 Å². The summed E-state index contributed by atoms with van der Waals surface area (Å²) in [6.45, 7) is 2.13. The van der Waals surface area contributed by atoms with Gasteiger partial charge in [-0.2, -0.15) is 0 Å². The number of Topliss-reactive ketones (excluding diaryl/α,β-unsaturated/α-hetero) is 1. The minimum absolute atomic E-state index is 0.0518. The average molecular weight is 360 g/mol. The number of nitrogens with zero attached hydrogens (tertiary/aromatic N) is 1. The summed E-state index contributed by atoms with van der Waals surface area (Å²) < 4.78 is 5.36. The molecule has 1 fully saturated rings. The number of carbonyl (C=O) groups is 1. The minimum atomic E-state index is -0.0518. The van der Waals surface area contributed by atoms with Crippen LogP contribution in [0.5, 0.6) is 11.5 Å². The molecule has 0 radical (unpaired) electrons. The largest absolute Gasteiger partial charge is 0.507 e. The first-order valence-corrected chi connectivity index (χ1v) is 8.83. The van der Waals surface area contributed by atoms with E-state index in [0.29, 0.717) is 29.4 Å². The monoisotopic (exact) mass is 359 g/mol. The molecule has 0 bridgehead atoms. The number of benzene rings is 2. The van der Waals surface area contributed by atoms with Crippen molar-refractivity contribution in [2.45, 2.75) is 19.4 Å². The van der Waals surface area contributed by atoms with Crippen LogP contribution in [0.3, 0.4) is 0 Å². The lowest BCUT2D eigenvalue weighted by Crippen LogP contribution is -2.38. The molecule has 1 N–H and O–H groups in total. The number of hydrogen-bond acceptors (Lipinski definition) is 4. The summed E-state index contributed by atoms with van der Waals surface area (Å²) in [5, 5.41) is 10.7. The molecule has 3 rings (SSSR count). The summed E-state index contributed by atoms with van der Waals surface area (Å²) in [5.41, 5.74) is 1.43. The molecule has 2 aromatic rings. The summed E-state index contributed by atoms with van der Waals surface area (Å²) in [4.78, 5) is 15.0. The third-order valence-corrected chi connectivity index (χ3v) is 4.93. The fourth-order valence-corrected chi connectivity index (χ4v) is 3.61. The quantitative estimate of drug-likeness (QED) is 0.815. The van der Waals surface area contributed by atoms with Crippen LogP contribution in [0.1, 0.15) is 28.8 Å². The van der Waals surface area contributed by atoms with Crippen molar-refractivity contribution in [3.8, 4) is 11.5 Å². The molecular formula is C20H22ClNO3. The van der Waals surface area contributed by atoms with Crippen molar-refractivity contribution in [3.63, 3.8) is 0 Å². The molecule has 25 heavy (non-hydrogen) atoms. The van der Waals surface area contributed by atoms with Gasteiger partial charge in [-0.05, 0) is 43.7 Å². The summed E-state index contributed by atoms with van der Waals surface area (Å²) >= 11 is 6.01. The Hall–Kier alpha value is -2.04. The van der Waals surface area contributed by atoms with Crippen LogP contribution in [0.25, 0.3) is 0 Å². The lowest BCUT2D eigenvalue weighted by Gasteiger charge is -2.32. The molecule has 0 amide bonds.